The van der Waals surface area contributed by atoms with Crippen molar-refractivity contribution in [3.05, 3.63) is 64.7 Å². The van der Waals surface area contributed by atoms with Crippen LogP contribution < -0.4 is 4.74 Å². The summed E-state index contributed by atoms with van der Waals surface area (Å²) in [4.78, 5) is -0.901. The zero-order valence-corrected chi connectivity index (χ0v) is 12.7. The zero-order valence-electron chi connectivity index (χ0n) is 10.5. The lowest BCUT2D eigenvalue weighted by Gasteiger charge is -2.14. The molecule has 0 radical (unpaired) electrons. The average molecular weight is 332 g/mol. The Morgan fingerprint density at radius 1 is 1.05 bits per heavy atom. The summed E-state index contributed by atoms with van der Waals surface area (Å²) in [5, 5.41) is 10.2. The second-order valence-electron chi connectivity index (χ2n) is 4.24. The van der Waals surface area contributed by atoms with Gasteiger partial charge in [0.25, 0.3) is 0 Å². The molecule has 5 heteroatoms. The van der Waals surface area contributed by atoms with E-state index < -0.39 is 10.9 Å². The lowest BCUT2D eigenvalue weighted by molar-refractivity contribution is 0.192. The number of hydrogen-bond acceptors (Lipinski definition) is 2. The molecule has 1 unspecified atom stereocenters. The minimum atomic E-state index is -0.973. The fraction of sp³-hybridized carbons (Fsp3) is 0.200. The van der Waals surface area contributed by atoms with Gasteiger partial charge in [-0.1, -0.05) is 48.0 Å². The number of alkyl halides is 2. The Labute approximate surface area is 132 Å². The summed E-state index contributed by atoms with van der Waals surface area (Å²) < 4.78 is 5.64. The summed E-state index contributed by atoms with van der Waals surface area (Å²) in [5.41, 5.74) is 1.60. The van der Waals surface area contributed by atoms with E-state index in [4.69, 9.17) is 39.5 Å². The van der Waals surface area contributed by atoms with Crippen LogP contribution in [0.15, 0.2) is 48.5 Å². The van der Waals surface area contributed by atoms with E-state index in [9.17, 15) is 5.11 Å². The first-order valence-electron chi connectivity index (χ1n) is 6.00. The molecule has 0 aliphatic rings. The van der Waals surface area contributed by atoms with Crippen LogP contribution in [-0.4, -0.2) is 9.94 Å². The monoisotopic (exact) mass is 330 g/mol. The summed E-state index contributed by atoms with van der Waals surface area (Å²) in [5.74, 6) is 0.548. The summed E-state index contributed by atoms with van der Waals surface area (Å²) in [7, 11) is 0. The van der Waals surface area contributed by atoms with Crippen LogP contribution >= 0.6 is 34.8 Å². The predicted molar refractivity (Wildman–Crippen MR) is 82.7 cm³/mol. The Bertz CT molecular complexity index is 558. The molecule has 0 saturated carbocycles. The van der Waals surface area contributed by atoms with Crippen LogP contribution in [0.5, 0.6) is 5.75 Å². The molecule has 2 rings (SSSR count). The molecule has 2 aromatic carbocycles. The molecule has 0 heterocycles. The summed E-state index contributed by atoms with van der Waals surface area (Å²) in [6, 6.07) is 14.8. The van der Waals surface area contributed by atoms with Crippen molar-refractivity contribution < 1.29 is 9.84 Å². The van der Waals surface area contributed by atoms with Crippen molar-refractivity contribution in [2.45, 2.75) is 17.5 Å². The van der Waals surface area contributed by atoms with Gasteiger partial charge in [-0.3, -0.25) is 0 Å². The molecular weight excluding hydrogens is 319 g/mol. The van der Waals surface area contributed by atoms with Gasteiger partial charge in [-0.25, -0.2) is 0 Å². The van der Waals surface area contributed by atoms with Crippen molar-refractivity contribution in [1.82, 2.24) is 0 Å². The highest BCUT2D eigenvalue weighted by Crippen LogP contribution is 2.31. The van der Waals surface area contributed by atoms with E-state index in [0.29, 0.717) is 22.9 Å². The van der Waals surface area contributed by atoms with Crippen LogP contribution in [0.3, 0.4) is 0 Å². The predicted octanol–water partition coefficient (Wildman–Crippen LogP) is 4.76. The number of aliphatic hydroxyl groups excluding tert-OH is 1. The molecule has 1 N–H and O–H groups in total. The van der Waals surface area contributed by atoms with Gasteiger partial charge in [-0.2, -0.15) is 0 Å². The number of rotatable bonds is 5. The molecule has 0 bridgehead atoms. The van der Waals surface area contributed by atoms with Crippen molar-refractivity contribution in [1.29, 1.82) is 0 Å². The first kappa shape index (κ1) is 15.5. The van der Waals surface area contributed by atoms with E-state index in [1.807, 2.05) is 30.3 Å². The van der Waals surface area contributed by atoms with Crippen molar-refractivity contribution >= 4 is 34.8 Å². The van der Waals surface area contributed by atoms with E-state index in [-0.39, 0.29) is 0 Å². The Morgan fingerprint density at radius 2 is 1.75 bits per heavy atom. The molecule has 1 atom stereocenters. The lowest BCUT2D eigenvalue weighted by atomic mass is 10.1. The topological polar surface area (TPSA) is 29.5 Å². The van der Waals surface area contributed by atoms with Gasteiger partial charge in [0, 0.05) is 0 Å². The molecular formula is C15H13Cl3O2. The highest BCUT2D eigenvalue weighted by molar-refractivity contribution is 6.44. The molecule has 0 aliphatic heterocycles. The van der Waals surface area contributed by atoms with E-state index in [2.05, 4.69) is 0 Å². The minimum absolute atomic E-state index is 0.409. The van der Waals surface area contributed by atoms with E-state index in [1.54, 1.807) is 18.2 Å². The Balaban J connectivity index is 2.06. The molecule has 0 amide bonds. The molecule has 20 heavy (non-hydrogen) atoms. The van der Waals surface area contributed by atoms with E-state index >= 15 is 0 Å². The van der Waals surface area contributed by atoms with Gasteiger partial charge in [0.1, 0.15) is 23.3 Å². The molecule has 0 aromatic heterocycles. The molecule has 2 nitrogen and oxygen atoms in total. The number of ether oxygens (including phenoxy) is 1. The van der Waals surface area contributed by atoms with Gasteiger partial charge in [0.15, 0.2) is 0 Å². The number of halogens is 3. The first-order valence-corrected chi connectivity index (χ1v) is 7.25. The standard InChI is InChI=1S/C15H13Cl3O2/c16-12-8-11(14(19)15(17)18)6-7-13(12)20-9-10-4-2-1-3-5-10/h1-8,14-15,19H,9H2. The highest BCUT2D eigenvalue weighted by atomic mass is 35.5. The first-order chi connectivity index (χ1) is 9.58. The lowest BCUT2D eigenvalue weighted by Crippen LogP contribution is -2.06. The van der Waals surface area contributed by atoms with Crippen LogP contribution in [0.2, 0.25) is 5.02 Å². The van der Waals surface area contributed by atoms with Gasteiger partial charge in [-0.15, -0.1) is 23.2 Å². The number of benzene rings is 2. The summed E-state index contributed by atoms with van der Waals surface area (Å²) in [6.45, 7) is 0.427. The normalized spacial score (nSPS) is 12.4. The van der Waals surface area contributed by atoms with Crippen LogP contribution in [0, 0.1) is 0 Å². The van der Waals surface area contributed by atoms with Crippen molar-refractivity contribution in [2.24, 2.45) is 0 Å². The van der Waals surface area contributed by atoms with Crippen LogP contribution in [0.1, 0.15) is 17.2 Å². The molecule has 0 fully saturated rings. The molecule has 0 aliphatic carbocycles. The quantitative estimate of drug-likeness (QED) is 0.801. The van der Waals surface area contributed by atoms with E-state index in [1.165, 1.54) is 0 Å². The van der Waals surface area contributed by atoms with Gasteiger partial charge in [0.2, 0.25) is 0 Å². The second-order valence-corrected chi connectivity index (χ2v) is 5.81. The maximum atomic E-state index is 9.76. The maximum absolute atomic E-state index is 9.76. The van der Waals surface area contributed by atoms with Crippen LogP contribution in [0.25, 0.3) is 0 Å². The fourth-order valence-corrected chi connectivity index (χ4v) is 2.23. The Kier molecular flexibility index (Phi) is 5.55. The Morgan fingerprint density at radius 3 is 2.35 bits per heavy atom. The third-order valence-corrected chi connectivity index (χ3v) is 3.55. The van der Waals surface area contributed by atoms with Gasteiger partial charge in [-0.05, 0) is 23.3 Å². The molecule has 0 spiro atoms. The second kappa shape index (κ2) is 7.19. The smallest absolute Gasteiger partial charge is 0.138 e. The average Bonchev–Trinajstić information content (AvgIpc) is 2.46. The van der Waals surface area contributed by atoms with E-state index in [0.717, 1.165) is 5.56 Å². The third-order valence-electron chi connectivity index (χ3n) is 2.77. The maximum Gasteiger partial charge on any atom is 0.138 e. The van der Waals surface area contributed by atoms with Crippen LogP contribution in [0.4, 0.5) is 0 Å². The third kappa shape index (κ3) is 4.03. The zero-order chi connectivity index (χ0) is 14.5. The summed E-state index contributed by atoms with van der Waals surface area (Å²) in [6.07, 6.45) is -0.973. The Hall–Kier alpha value is -0.930. The highest BCUT2D eigenvalue weighted by Gasteiger charge is 2.17. The molecule has 106 valence electrons. The molecule has 0 saturated heterocycles. The fourth-order valence-electron chi connectivity index (χ4n) is 1.70. The van der Waals surface area contributed by atoms with Crippen molar-refractivity contribution in [3.8, 4) is 5.75 Å². The summed E-state index contributed by atoms with van der Waals surface area (Å²) >= 11 is 17.4. The van der Waals surface area contributed by atoms with Crippen LogP contribution in [-0.2, 0) is 6.61 Å². The van der Waals surface area contributed by atoms with Gasteiger partial charge >= 0.3 is 0 Å². The largest absolute Gasteiger partial charge is 0.487 e. The number of hydrogen-bond donors (Lipinski definition) is 1. The van der Waals surface area contributed by atoms with Gasteiger partial charge in [0.05, 0.1) is 5.02 Å². The SMILES string of the molecule is OC(c1ccc(OCc2ccccc2)c(Cl)c1)C(Cl)Cl. The molecule has 2 aromatic rings. The van der Waals surface area contributed by atoms with Crippen molar-refractivity contribution in [2.75, 3.05) is 0 Å². The number of aliphatic hydroxyl groups is 1. The van der Waals surface area contributed by atoms with Crippen molar-refractivity contribution in [3.63, 3.8) is 0 Å². The minimum Gasteiger partial charge on any atom is -0.487 e. The van der Waals surface area contributed by atoms with Gasteiger partial charge < -0.3 is 9.84 Å².